The molecule has 1 fully saturated rings. The fraction of sp³-hybridized carbons (Fsp3) is 0.875. The van der Waals surface area contributed by atoms with Crippen LogP contribution in [-0.4, -0.2) is 33.9 Å². The van der Waals surface area contributed by atoms with E-state index >= 15 is 0 Å². The number of nitrogens with zero attached hydrogens (tertiary/aromatic N) is 4. The molecule has 0 spiro atoms. The molecule has 7 heteroatoms. The van der Waals surface area contributed by atoms with Crippen LogP contribution in [-0.2, 0) is 15.4 Å². The Morgan fingerprint density at radius 3 is 2.40 bits per heavy atom. The van der Waals surface area contributed by atoms with Crippen LogP contribution in [0.2, 0.25) is 0 Å². The molecule has 1 heterocycles. The van der Waals surface area contributed by atoms with E-state index in [1.807, 2.05) is 20.8 Å². The van der Waals surface area contributed by atoms with Crippen LogP contribution in [0, 0.1) is 0 Å². The van der Waals surface area contributed by atoms with Crippen molar-refractivity contribution in [3.63, 3.8) is 0 Å². The maximum Gasteiger partial charge on any atom is 0.268 e. The van der Waals surface area contributed by atoms with Gasteiger partial charge in [-0.05, 0) is 44.0 Å². The number of rotatable bonds is 2. The van der Waals surface area contributed by atoms with E-state index in [9.17, 15) is 8.42 Å². The summed E-state index contributed by atoms with van der Waals surface area (Å²) in [5.74, 6) is 0. The normalized spacial score (nSPS) is 18.1. The first-order valence-corrected chi connectivity index (χ1v) is 6.41. The highest BCUT2D eigenvalue weighted by atomic mass is 32.2. The maximum absolute atomic E-state index is 12.0. The molecule has 0 radical (unpaired) electrons. The Balaban J connectivity index is 2.50. The Hall–Kier alpha value is -0.980. The van der Waals surface area contributed by atoms with Gasteiger partial charge in [0.1, 0.15) is 0 Å². The lowest BCUT2D eigenvalue weighted by Crippen LogP contribution is -2.28. The van der Waals surface area contributed by atoms with Crippen LogP contribution >= 0.6 is 0 Å². The molecule has 0 atom stereocenters. The monoisotopic (exact) mass is 230 g/mol. The predicted molar refractivity (Wildman–Crippen MR) is 53.0 cm³/mol. The van der Waals surface area contributed by atoms with E-state index < -0.39 is 15.4 Å². The third kappa shape index (κ3) is 1.75. The maximum atomic E-state index is 12.0. The van der Waals surface area contributed by atoms with Crippen LogP contribution in [0.3, 0.4) is 0 Å². The van der Waals surface area contributed by atoms with E-state index in [0.29, 0.717) is 0 Å². The lowest BCUT2D eigenvalue weighted by molar-refractivity contribution is 0.317. The molecular weight excluding hydrogens is 216 g/mol. The van der Waals surface area contributed by atoms with Crippen molar-refractivity contribution in [1.82, 2.24) is 20.2 Å². The van der Waals surface area contributed by atoms with Crippen molar-refractivity contribution < 1.29 is 8.42 Å². The minimum Gasteiger partial charge on any atom is -0.220 e. The molecule has 0 bridgehead atoms. The Bertz CT molecular complexity index is 467. The molecule has 2 rings (SSSR count). The van der Waals surface area contributed by atoms with Crippen LogP contribution in [0.15, 0.2) is 5.16 Å². The first-order chi connectivity index (χ1) is 6.83. The van der Waals surface area contributed by atoms with Gasteiger partial charge in [-0.25, -0.2) is 13.1 Å². The molecular formula is C8H14N4O2S. The highest BCUT2D eigenvalue weighted by molar-refractivity contribution is 7.92. The van der Waals surface area contributed by atoms with Crippen molar-refractivity contribution in [1.29, 1.82) is 0 Å². The number of tetrazole rings is 1. The highest BCUT2D eigenvalue weighted by Crippen LogP contribution is 2.33. The summed E-state index contributed by atoms with van der Waals surface area (Å²) in [6.07, 6.45) is 1.44. The van der Waals surface area contributed by atoms with Gasteiger partial charge in [0.25, 0.3) is 5.16 Å². The van der Waals surface area contributed by atoms with Crippen LogP contribution in [0.5, 0.6) is 0 Å². The van der Waals surface area contributed by atoms with Crippen LogP contribution in [0.4, 0.5) is 0 Å². The average Bonchev–Trinajstić information content (AvgIpc) is 2.80. The first kappa shape index (κ1) is 10.5. The minimum atomic E-state index is -3.31. The van der Waals surface area contributed by atoms with E-state index in [4.69, 9.17) is 0 Å². The molecule has 0 saturated heterocycles. The van der Waals surface area contributed by atoms with Crippen molar-refractivity contribution in [2.75, 3.05) is 0 Å². The van der Waals surface area contributed by atoms with Crippen LogP contribution in [0.1, 0.15) is 33.6 Å². The molecule has 15 heavy (non-hydrogen) atoms. The second kappa shape index (κ2) is 3.01. The SMILES string of the molecule is CC(C)(C)n1nnnc1S(=O)(=O)C1CC1. The number of hydrogen-bond acceptors (Lipinski definition) is 5. The van der Waals surface area contributed by atoms with E-state index in [2.05, 4.69) is 15.5 Å². The Labute approximate surface area is 88.6 Å². The van der Waals surface area contributed by atoms with Gasteiger partial charge in [0.2, 0.25) is 9.84 Å². The van der Waals surface area contributed by atoms with E-state index in [1.165, 1.54) is 4.68 Å². The van der Waals surface area contributed by atoms with Gasteiger partial charge in [0.15, 0.2) is 0 Å². The summed E-state index contributed by atoms with van der Waals surface area (Å²) in [4.78, 5) is 0. The number of sulfone groups is 1. The summed E-state index contributed by atoms with van der Waals surface area (Å²) >= 11 is 0. The molecule has 0 N–H and O–H groups in total. The van der Waals surface area contributed by atoms with Gasteiger partial charge in [-0.1, -0.05) is 5.10 Å². The van der Waals surface area contributed by atoms with Crippen LogP contribution in [0.25, 0.3) is 0 Å². The standard InChI is InChI=1S/C8H14N4O2S/c1-8(2,3)12-7(9-10-11-12)15(13,14)6-4-5-6/h6H,4-5H2,1-3H3. The quantitative estimate of drug-likeness (QED) is 0.733. The Morgan fingerprint density at radius 2 is 1.93 bits per heavy atom. The molecule has 0 unspecified atom stereocenters. The van der Waals surface area contributed by atoms with E-state index in [0.717, 1.165) is 12.8 Å². The first-order valence-electron chi connectivity index (χ1n) is 4.86. The average molecular weight is 230 g/mol. The smallest absolute Gasteiger partial charge is 0.220 e. The van der Waals surface area contributed by atoms with Gasteiger partial charge >= 0.3 is 0 Å². The highest BCUT2D eigenvalue weighted by Gasteiger charge is 2.41. The topological polar surface area (TPSA) is 77.7 Å². The summed E-state index contributed by atoms with van der Waals surface area (Å²) in [7, 11) is -3.31. The fourth-order valence-corrected chi connectivity index (χ4v) is 3.06. The third-order valence-electron chi connectivity index (χ3n) is 2.29. The summed E-state index contributed by atoms with van der Waals surface area (Å²) in [6.45, 7) is 5.61. The zero-order valence-electron chi connectivity index (χ0n) is 9.01. The zero-order chi connectivity index (χ0) is 11.3. The molecule has 1 aromatic heterocycles. The Morgan fingerprint density at radius 1 is 1.33 bits per heavy atom. The molecule has 1 saturated carbocycles. The molecule has 0 aliphatic heterocycles. The van der Waals surface area contributed by atoms with Crippen molar-refractivity contribution in [2.45, 2.75) is 49.6 Å². The summed E-state index contributed by atoms with van der Waals surface area (Å²) in [6, 6.07) is 0. The summed E-state index contributed by atoms with van der Waals surface area (Å²) < 4.78 is 25.3. The molecule has 1 aliphatic rings. The molecule has 1 aromatic rings. The van der Waals surface area contributed by atoms with Gasteiger partial charge in [-0.2, -0.15) is 0 Å². The van der Waals surface area contributed by atoms with E-state index in [1.54, 1.807) is 0 Å². The lowest BCUT2D eigenvalue weighted by atomic mass is 10.1. The summed E-state index contributed by atoms with van der Waals surface area (Å²) in [5.41, 5.74) is -0.416. The van der Waals surface area contributed by atoms with Crippen molar-refractivity contribution in [3.05, 3.63) is 0 Å². The second-order valence-corrected chi connectivity index (χ2v) is 6.91. The second-order valence-electron chi connectivity index (χ2n) is 4.79. The van der Waals surface area contributed by atoms with E-state index in [-0.39, 0.29) is 10.4 Å². The Kier molecular flexibility index (Phi) is 2.11. The van der Waals surface area contributed by atoms with Gasteiger partial charge in [0, 0.05) is 0 Å². The minimum absolute atomic E-state index is 0.00231. The number of hydrogen-bond donors (Lipinski definition) is 0. The van der Waals surface area contributed by atoms with Gasteiger partial charge in [-0.15, -0.1) is 0 Å². The largest absolute Gasteiger partial charge is 0.268 e. The fourth-order valence-electron chi connectivity index (χ4n) is 1.30. The molecule has 1 aliphatic carbocycles. The van der Waals surface area contributed by atoms with Crippen molar-refractivity contribution in [2.24, 2.45) is 0 Å². The third-order valence-corrected chi connectivity index (χ3v) is 4.41. The molecule has 6 nitrogen and oxygen atoms in total. The summed E-state index contributed by atoms with van der Waals surface area (Å²) in [5, 5.41) is 10.5. The predicted octanol–water partition coefficient (Wildman–Crippen LogP) is 0.364. The van der Waals surface area contributed by atoms with Gasteiger partial charge < -0.3 is 0 Å². The molecule has 84 valence electrons. The van der Waals surface area contributed by atoms with Crippen LogP contribution < -0.4 is 0 Å². The van der Waals surface area contributed by atoms with Gasteiger partial charge in [0.05, 0.1) is 10.8 Å². The molecule has 0 amide bonds. The van der Waals surface area contributed by atoms with Crippen molar-refractivity contribution in [3.8, 4) is 0 Å². The molecule has 0 aromatic carbocycles. The van der Waals surface area contributed by atoms with Crippen molar-refractivity contribution >= 4 is 9.84 Å². The lowest BCUT2D eigenvalue weighted by Gasteiger charge is -2.19. The zero-order valence-corrected chi connectivity index (χ0v) is 9.82. The number of aromatic nitrogens is 4. The van der Waals surface area contributed by atoms with Gasteiger partial charge in [-0.3, -0.25) is 0 Å².